The van der Waals surface area contributed by atoms with Crippen molar-refractivity contribution in [3.05, 3.63) is 46.2 Å². The van der Waals surface area contributed by atoms with Crippen molar-refractivity contribution < 1.29 is 4.42 Å². The first-order valence-electron chi connectivity index (χ1n) is 10.1. The Kier molecular flexibility index (Phi) is 4.99. The fourth-order valence-corrected chi connectivity index (χ4v) is 6.16. The van der Waals surface area contributed by atoms with Crippen LogP contribution in [0.3, 0.4) is 0 Å². The van der Waals surface area contributed by atoms with Crippen LogP contribution in [0, 0.1) is 12.8 Å². The highest BCUT2D eigenvalue weighted by atomic mass is 32.2. The maximum Gasteiger partial charge on any atom is 0.247 e. The molecule has 2 N–H and O–H groups in total. The van der Waals surface area contributed by atoms with E-state index in [-0.39, 0.29) is 5.25 Å². The number of anilines is 1. The Hall–Kier alpha value is -2.45. The number of aryl methyl sites for hydroxylation is 2. The van der Waals surface area contributed by atoms with E-state index in [1.54, 1.807) is 11.3 Å². The Bertz CT molecular complexity index is 1230. The lowest BCUT2D eigenvalue weighted by molar-refractivity contribution is 0.509. The lowest BCUT2D eigenvalue weighted by Crippen LogP contribution is -2.09. The maximum absolute atomic E-state index is 6.36. The van der Waals surface area contributed by atoms with Gasteiger partial charge in [0.2, 0.25) is 11.8 Å². The summed E-state index contributed by atoms with van der Waals surface area (Å²) in [7, 11) is 0. The molecule has 0 amide bonds. The van der Waals surface area contributed by atoms with Crippen LogP contribution in [0.4, 0.5) is 5.82 Å². The lowest BCUT2D eigenvalue weighted by atomic mass is 9.89. The van der Waals surface area contributed by atoms with Crippen LogP contribution < -0.4 is 5.73 Å². The number of hydrogen-bond donors (Lipinski definition) is 1. The monoisotopic (exact) mass is 437 g/mol. The van der Waals surface area contributed by atoms with Gasteiger partial charge < -0.3 is 10.2 Å². The third kappa shape index (κ3) is 3.58. The lowest BCUT2D eigenvalue weighted by Gasteiger charge is -2.17. The molecule has 5 rings (SSSR count). The molecular weight excluding hydrogens is 414 g/mol. The second-order valence-electron chi connectivity index (χ2n) is 8.00. The van der Waals surface area contributed by atoms with Gasteiger partial charge in [0.05, 0.1) is 10.6 Å². The molecule has 1 aromatic carbocycles. The van der Waals surface area contributed by atoms with Crippen LogP contribution in [0.5, 0.6) is 0 Å². The molecule has 0 saturated heterocycles. The summed E-state index contributed by atoms with van der Waals surface area (Å²) in [5, 5.41) is 10.1. The Balaban J connectivity index is 1.40. The molecule has 0 radical (unpaired) electrons. The van der Waals surface area contributed by atoms with Gasteiger partial charge in [0.25, 0.3) is 0 Å². The number of thiophene rings is 1. The molecule has 0 fully saturated rings. The largest absolute Gasteiger partial charge is 0.419 e. The van der Waals surface area contributed by atoms with Crippen molar-refractivity contribution in [2.75, 3.05) is 5.73 Å². The molecule has 0 aliphatic heterocycles. The minimum absolute atomic E-state index is 0.0810. The van der Waals surface area contributed by atoms with Crippen molar-refractivity contribution >= 4 is 39.1 Å². The number of thioether (sulfide) groups is 1. The Morgan fingerprint density at radius 3 is 2.97 bits per heavy atom. The molecule has 4 aromatic rings. The highest BCUT2D eigenvalue weighted by Crippen LogP contribution is 2.41. The van der Waals surface area contributed by atoms with E-state index < -0.39 is 0 Å². The van der Waals surface area contributed by atoms with Gasteiger partial charge in [-0.3, -0.25) is 0 Å². The quantitative estimate of drug-likeness (QED) is 0.328. The van der Waals surface area contributed by atoms with Crippen LogP contribution in [0.15, 0.2) is 33.8 Å². The average molecular weight is 438 g/mol. The van der Waals surface area contributed by atoms with Gasteiger partial charge in [-0.05, 0) is 56.7 Å². The zero-order valence-corrected chi connectivity index (χ0v) is 18.8. The van der Waals surface area contributed by atoms with Gasteiger partial charge in [0.1, 0.15) is 10.6 Å². The minimum atomic E-state index is -0.0810. The number of nitrogen functional groups attached to an aromatic ring is 1. The average Bonchev–Trinajstić information content (AvgIpc) is 3.32. The molecular formula is C22H23N5OS2. The molecule has 8 heteroatoms. The molecule has 1 aliphatic rings. The van der Waals surface area contributed by atoms with Gasteiger partial charge in [0.15, 0.2) is 5.16 Å². The van der Waals surface area contributed by atoms with Crippen molar-refractivity contribution in [2.24, 2.45) is 5.92 Å². The predicted molar refractivity (Wildman–Crippen MR) is 122 cm³/mol. The Labute approximate surface area is 183 Å². The van der Waals surface area contributed by atoms with Crippen LogP contribution in [0.2, 0.25) is 0 Å². The SMILES string of the molecule is Cc1cccc(-c2nnc(C(C)Sc3nc(N)c4c5c(sc4n3)CC(C)CC5)o2)c1. The number of nitrogens with zero attached hydrogens (tertiary/aromatic N) is 4. The second kappa shape index (κ2) is 7.67. The Morgan fingerprint density at radius 2 is 2.13 bits per heavy atom. The highest BCUT2D eigenvalue weighted by Gasteiger charge is 2.24. The molecule has 30 heavy (non-hydrogen) atoms. The van der Waals surface area contributed by atoms with Gasteiger partial charge in [-0.25, -0.2) is 9.97 Å². The molecule has 2 unspecified atom stereocenters. The topological polar surface area (TPSA) is 90.7 Å². The molecule has 0 spiro atoms. The second-order valence-corrected chi connectivity index (χ2v) is 10.4. The van der Waals surface area contributed by atoms with Gasteiger partial charge in [-0.1, -0.05) is 36.4 Å². The van der Waals surface area contributed by atoms with E-state index in [1.165, 1.54) is 28.6 Å². The van der Waals surface area contributed by atoms with E-state index in [9.17, 15) is 0 Å². The van der Waals surface area contributed by atoms with E-state index >= 15 is 0 Å². The molecule has 3 aromatic heterocycles. The van der Waals surface area contributed by atoms with Crippen LogP contribution in [-0.2, 0) is 12.8 Å². The summed E-state index contributed by atoms with van der Waals surface area (Å²) in [5.41, 5.74) is 9.79. The number of aromatic nitrogens is 4. The normalized spacial score (nSPS) is 17.2. The summed E-state index contributed by atoms with van der Waals surface area (Å²) in [5.74, 6) is 2.37. The van der Waals surface area contributed by atoms with Crippen molar-refractivity contribution in [2.45, 2.75) is 50.4 Å². The molecule has 3 heterocycles. The molecule has 2 atom stereocenters. The standard InChI is InChI=1S/C22H23N5OS2/c1-11-5-4-6-14(9-11)20-27-26-19(28-20)13(3)29-22-24-18(23)17-15-8-7-12(2)10-16(15)30-21(17)25-22/h4-6,9,12-13H,7-8,10H2,1-3H3,(H2,23,24,25). The summed E-state index contributed by atoms with van der Waals surface area (Å²) in [6, 6.07) is 8.03. The number of rotatable bonds is 4. The van der Waals surface area contributed by atoms with Crippen LogP contribution in [-0.4, -0.2) is 20.2 Å². The summed E-state index contributed by atoms with van der Waals surface area (Å²) in [4.78, 5) is 11.8. The van der Waals surface area contributed by atoms with Crippen molar-refractivity contribution in [3.8, 4) is 11.5 Å². The summed E-state index contributed by atoms with van der Waals surface area (Å²) in [6.45, 7) is 6.37. The number of nitrogens with two attached hydrogens (primary N) is 1. The van der Waals surface area contributed by atoms with Crippen LogP contribution in [0.1, 0.15) is 47.4 Å². The van der Waals surface area contributed by atoms with E-state index in [0.717, 1.165) is 34.2 Å². The van der Waals surface area contributed by atoms with Crippen molar-refractivity contribution in [1.82, 2.24) is 20.2 Å². The van der Waals surface area contributed by atoms with Gasteiger partial charge in [0, 0.05) is 10.4 Å². The van der Waals surface area contributed by atoms with Gasteiger partial charge >= 0.3 is 0 Å². The first-order valence-corrected chi connectivity index (χ1v) is 11.8. The van der Waals surface area contributed by atoms with E-state index in [4.69, 9.17) is 15.1 Å². The van der Waals surface area contributed by atoms with Crippen LogP contribution >= 0.6 is 23.1 Å². The molecule has 154 valence electrons. The fourth-order valence-electron chi connectivity index (χ4n) is 3.90. The molecule has 6 nitrogen and oxygen atoms in total. The number of fused-ring (bicyclic) bond motifs is 3. The summed E-state index contributed by atoms with van der Waals surface area (Å²) >= 11 is 3.25. The zero-order chi connectivity index (χ0) is 20.8. The van der Waals surface area contributed by atoms with Crippen molar-refractivity contribution in [3.63, 3.8) is 0 Å². The fraction of sp³-hybridized carbons (Fsp3) is 0.364. The van der Waals surface area contributed by atoms with Crippen LogP contribution in [0.25, 0.3) is 21.7 Å². The smallest absolute Gasteiger partial charge is 0.247 e. The number of hydrogen-bond acceptors (Lipinski definition) is 8. The molecule has 1 aliphatic carbocycles. The summed E-state index contributed by atoms with van der Waals surface area (Å²) < 4.78 is 5.93. The van der Waals surface area contributed by atoms with E-state index in [1.807, 2.05) is 38.1 Å². The molecule has 0 bridgehead atoms. The van der Waals surface area contributed by atoms with Gasteiger partial charge in [-0.2, -0.15) is 0 Å². The minimum Gasteiger partial charge on any atom is -0.419 e. The zero-order valence-electron chi connectivity index (χ0n) is 17.2. The highest BCUT2D eigenvalue weighted by molar-refractivity contribution is 7.99. The summed E-state index contributed by atoms with van der Waals surface area (Å²) in [6.07, 6.45) is 3.38. The third-order valence-electron chi connectivity index (χ3n) is 5.50. The van der Waals surface area contributed by atoms with E-state index in [2.05, 4.69) is 22.1 Å². The van der Waals surface area contributed by atoms with Crippen molar-refractivity contribution in [1.29, 1.82) is 0 Å². The first kappa shape index (κ1) is 19.5. The first-order chi connectivity index (χ1) is 14.5. The van der Waals surface area contributed by atoms with E-state index in [0.29, 0.717) is 28.7 Å². The van der Waals surface area contributed by atoms with Gasteiger partial charge in [-0.15, -0.1) is 21.5 Å². The third-order valence-corrected chi connectivity index (χ3v) is 7.59. The predicted octanol–water partition coefficient (Wildman–Crippen LogP) is 5.61. The maximum atomic E-state index is 6.36. The Morgan fingerprint density at radius 1 is 1.27 bits per heavy atom. The number of benzene rings is 1. The molecule has 0 saturated carbocycles.